The summed E-state index contributed by atoms with van der Waals surface area (Å²) in [6.45, 7) is 9.19. The number of thiophene rings is 12. The van der Waals surface area contributed by atoms with Crippen molar-refractivity contribution in [3.63, 3.8) is 0 Å². The van der Waals surface area contributed by atoms with Gasteiger partial charge in [-0.2, -0.15) is 0 Å². The Labute approximate surface area is 583 Å². The number of benzene rings is 1. The quantitative estimate of drug-likeness (QED) is 0.0369. The third kappa shape index (κ3) is 15.5. The average Bonchev–Trinajstić information content (AvgIpc) is 1.52. The van der Waals surface area contributed by atoms with Crippen molar-refractivity contribution in [1.29, 1.82) is 0 Å². The lowest BCUT2D eigenvalue weighted by molar-refractivity contribution is 0.670. The van der Waals surface area contributed by atoms with E-state index >= 15 is 0 Å². The van der Waals surface area contributed by atoms with Gasteiger partial charge in [-0.3, -0.25) is 0 Å². The van der Waals surface area contributed by atoms with Crippen LogP contribution in [0, 0.1) is 0 Å². The zero-order valence-electron chi connectivity index (χ0n) is 52.1. The molecule has 13 rings (SSSR count). The number of hydrogen-bond acceptors (Lipinski definition) is 12. The minimum absolute atomic E-state index is 1.19. The Bertz CT molecular complexity index is 3810. The van der Waals surface area contributed by atoms with Gasteiger partial charge in [0.1, 0.15) is 0 Å². The van der Waals surface area contributed by atoms with E-state index in [9.17, 15) is 0 Å². The Kier molecular flexibility index (Phi) is 22.3. The monoisotopic (exact) mass is 1400 g/mol. The van der Waals surface area contributed by atoms with E-state index in [0.29, 0.717) is 0 Å². The molecule has 13 aromatic rings. The molecule has 0 radical (unpaired) electrons. The molecule has 12 heterocycles. The molecular weight excluding hydrogens is 1320 g/mol. The number of hydrogen-bond donors (Lipinski definition) is 0. The van der Waals surface area contributed by atoms with Crippen LogP contribution in [0.3, 0.4) is 0 Å². The molecule has 0 bridgehead atoms. The predicted octanol–water partition coefficient (Wildman–Crippen LogP) is 30.9. The van der Waals surface area contributed by atoms with Crippen LogP contribution in [0.1, 0.15) is 150 Å². The van der Waals surface area contributed by atoms with Gasteiger partial charge in [0.15, 0.2) is 0 Å². The lowest BCUT2D eigenvalue weighted by Gasteiger charge is -2.15. The van der Waals surface area contributed by atoms with Gasteiger partial charge in [-0.25, -0.2) is 0 Å². The summed E-state index contributed by atoms with van der Waals surface area (Å²) in [5, 5.41) is 0. The second-order valence-corrected chi connectivity index (χ2v) is 36.9. The molecule has 12 heteroatoms. The lowest BCUT2D eigenvalue weighted by atomic mass is 9.94. The van der Waals surface area contributed by atoms with Gasteiger partial charge in [-0.05, 0) is 209 Å². The third-order valence-electron chi connectivity index (χ3n) is 16.8. The van der Waals surface area contributed by atoms with Crippen molar-refractivity contribution in [2.45, 2.75) is 156 Å². The van der Waals surface area contributed by atoms with Gasteiger partial charge < -0.3 is 0 Å². The molecule has 0 atom stereocenters. The Morgan fingerprint density at radius 2 is 0.322 bits per heavy atom. The standard InChI is InChI=1S/C78H78S12/c1-5-9-13-17-21-51-25-29-63(79-51)67-41-45-75(87-67)71-37-33-59(83-71)55-49-57(61-35-39-73(85-61)77-47-43-69(89-77)65-31-27-53(81-65)23-19-15-11-7-3)58(62-36-40-74(86-62)78-48-44-70(90-78)66-32-28-54(82-66)24-20-16-12-8-4)50-56(55)60-34-38-72(84-60)76-46-42-68(88-76)64-30-26-52(80-64)22-18-14-10-6-2/h25-50H,5-24H2,1-4H3. The zero-order valence-corrected chi connectivity index (χ0v) is 61.9. The molecule has 1 aromatic carbocycles. The molecule has 0 unspecified atom stereocenters. The van der Waals surface area contributed by atoms with Crippen LogP contribution >= 0.6 is 136 Å². The van der Waals surface area contributed by atoms with Gasteiger partial charge in [0, 0.05) is 139 Å². The second kappa shape index (κ2) is 31.2. The molecule has 0 aliphatic rings. The van der Waals surface area contributed by atoms with Crippen molar-refractivity contribution in [3.8, 4) is 120 Å². The van der Waals surface area contributed by atoms with Crippen molar-refractivity contribution < 1.29 is 0 Å². The van der Waals surface area contributed by atoms with Crippen LogP contribution in [-0.2, 0) is 25.7 Å². The Morgan fingerprint density at radius 3 is 0.511 bits per heavy atom. The molecule has 462 valence electrons. The largest absolute Gasteiger partial charge is 0.139 e. The summed E-state index contributed by atoms with van der Waals surface area (Å²) in [7, 11) is 0. The summed E-state index contributed by atoms with van der Waals surface area (Å²) in [5.41, 5.74) is 5.20. The fraction of sp³-hybridized carbons (Fsp3) is 0.308. The summed E-state index contributed by atoms with van der Waals surface area (Å²) >= 11 is 23.5. The van der Waals surface area contributed by atoms with E-state index in [1.807, 2.05) is 136 Å². The Hall–Kier alpha value is -4.38. The van der Waals surface area contributed by atoms with E-state index in [1.165, 1.54) is 268 Å². The van der Waals surface area contributed by atoms with E-state index in [1.54, 1.807) is 0 Å². The topological polar surface area (TPSA) is 0 Å². The van der Waals surface area contributed by atoms with Crippen LogP contribution in [0.2, 0.25) is 0 Å². The van der Waals surface area contributed by atoms with Crippen molar-refractivity contribution in [3.05, 3.63) is 177 Å². The molecule has 0 nitrogen and oxygen atoms in total. The Morgan fingerprint density at radius 1 is 0.167 bits per heavy atom. The van der Waals surface area contributed by atoms with Crippen LogP contribution in [0.15, 0.2) is 158 Å². The van der Waals surface area contributed by atoms with E-state index < -0.39 is 0 Å². The molecule has 0 spiro atoms. The van der Waals surface area contributed by atoms with E-state index in [2.05, 4.69) is 185 Å². The molecule has 0 aliphatic heterocycles. The molecule has 0 amide bonds. The van der Waals surface area contributed by atoms with Crippen LogP contribution in [0.5, 0.6) is 0 Å². The normalized spacial score (nSPS) is 11.8. The van der Waals surface area contributed by atoms with Crippen LogP contribution in [0.4, 0.5) is 0 Å². The number of unbranched alkanes of at least 4 members (excludes halogenated alkanes) is 12. The van der Waals surface area contributed by atoms with Gasteiger partial charge in [0.2, 0.25) is 0 Å². The number of rotatable bonds is 32. The number of aryl methyl sites for hydroxylation is 4. The lowest BCUT2D eigenvalue weighted by Crippen LogP contribution is -1.88. The Balaban J connectivity index is 0.875. The SMILES string of the molecule is CCCCCCc1ccc(-c2ccc(-c3ccc(-c4cc(-c5ccc(-c6ccc(-c7ccc(CCCCCC)s7)s6)s5)c(-c5ccc(-c6ccc(-c7ccc(CCCCCC)s7)s6)s5)cc4-c4ccc(-c5ccc(-c6ccc(CCCCCC)s6)s5)s4)s3)s2)s1. The molecule has 12 aromatic heterocycles. The summed E-state index contributed by atoms with van der Waals surface area (Å²) < 4.78 is 0. The maximum Gasteiger partial charge on any atom is 0.0449 e. The maximum absolute atomic E-state index is 2.58. The highest BCUT2D eigenvalue weighted by atomic mass is 32.1. The van der Waals surface area contributed by atoms with Gasteiger partial charge in [0.05, 0.1) is 0 Å². The van der Waals surface area contributed by atoms with Crippen molar-refractivity contribution in [1.82, 2.24) is 0 Å². The average molecular weight is 1400 g/mol. The molecule has 0 N–H and O–H groups in total. The first-order valence-corrected chi connectivity index (χ1v) is 42.5. The molecule has 90 heavy (non-hydrogen) atoms. The highest BCUT2D eigenvalue weighted by Gasteiger charge is 2.23. The van der Waals surface area contributed by atoms with Crippen molar-refractivity contribution in [2.75, 3.05) is 0 Å². The first-order valence-electron chi connectivity index (χ1n) is 32.7. The van der Waals surface area contributed by atoms with Crippen LogP contribution in [-0.4, -0.2) is 0 Å². The summed E-state index contributed by atoms with van der Waals surface area (Å²) in [4.78, 5) is 33.0. The van der Waals surface area contributed by atoms with Crippen molar-refractivity contribution in [2.24, 2.45) is 0 Å². The smallest absolute Gasteiger partial charge is 0.0449 e. The van der Waals surface area contributed by atoms with E-state index in [-0.39, 0.29) is 0 Å². The third-order valence-corrected chi connectivity index (χ3v) is 31.7. The van der Waals surface area contributed by atoms with Gasteiger partial charge in [-0.15, -0.1) is 136 Å². The minimum Gasteiger partial charge on any atom is -0.139 e. The van der Waals surface area contributed by atoms with Gasteiger partial charge in [0.25, 0.3) is 0 Å². The molecule has 0 fully saturated rings. The first-order chi connectivity index (χ1) is 44.4. The highest BCUT2D eigenvalue weighted by Crippen LogP contribution is 2.53. The van der Waals surface area contributed by atoms with Gasteiger partial charge >= 0.3 is 0 Å². The van der Waals surface area contributed by atoms with Gasteiger partial charge in [-0.1, -0.05) is 105 Å². The fourth-order valence-electron chi connectivity index (χ4n) is 11.8. The van der Waals surface area contributed by atoms with E-state index in [0.717, 1.165) is 0 Å². The minimum atomic E-state index is 1.19. The summed E-state index contributed by atoms with van der Waals surface area (Å²) in [6, 6.07) is 62.2. The van der Waals surface area contributed by atoms with Crippen LogP contribution in [0.25, 0.3) is 120 Å². The van der Waals surface area contributed by atoms with Crippen molar-refractivity contribution >= 4 is 136 Å². The fourth-order valence-corrected chi connectivity index (χ4v) is 24.9. The summed E-state index contributed by atoms with van der Waals surface area (Å²) in [5.74, 6) is 0. The predicted molar refractivity (Wildman–Crippen MR) is 418 cm³/mol. The second-order valence-electron chi connectivity index (χ2n) is 23.6. The maximum atomic E-state index is 2.58. The molecule has 0 saturated heterocycles. The van der Waals surface area contributed by atoms with E-state index in [4.69, 9.17) is 0 Å². The first kappa shape index (κ1) is 64.3. The molecule has 0 aliphatic carbocycles. The zero-order chi connectivity index (χ0) is 61.2. The molecule has 0 saturated carbocycles. The summed E-state index contributed by atoms with van der Waals surface area (Å²) in [6.07, 6.45) is 25.6. The van der Waals surface area contributed by atoms with Crippen LogP contribution < -0.4 is 0 Å². The highest BCUT2D eigenvalue weighted by molar-refractivity contribution is 7.30. The molecular formula is C78H78S12.